The Kier molecular flexibility index (Phi) is 7.10. The van der Waals surface area contributed by atoms with Crippen LogP contribution in [0.15, 0.2) is 73.1 Å². The van der Waals surface area contributed by atoms with Gasteiger partial charge in [-0.05, 0) is 48.2 Å². The first-order valence-corrected chi connectivity index (χ1v) is 11.2. The molecule has 1 aliphatic heterocycles. The molecule has 0 unspecified atom stereocenters. The molecule has 3 aromatic rings. The number of aliphatic hydroxyl groups is 1. The third-order valence-corrected chi connectivity index (χ3v) is 6.29. The minimum Gasteiger partial charge on any atom is -0.388 e. The Morgan fingerprint density at radius 3 is 2.31 bits per heavy atom. The fraction of sp³-hybridized carbons (Fsp3) is 0.333. The van der Waals surface area contributed by atoms with Crippen LogP contribution in [0.1, 0.15) is 35.3 Å². The maximum absolute atomic E-state index is 11.6. The zero-order valence-electron chi connectivity index (χ0n) is 18.8. The summed E-state index contributed by atoms with van der Waals surface area (Å²) in [6.45, 7) is 7.97. The Morgan fingerprint density at radius 1 is 0.938 bits per heavy atom. The Morgan fingerprint density at radius 2 is 1.66 bits per heavy atom. The van der Waals surface area contributed by atoms with Crippen LogP contribution in [0.3, 0.4) is 0 Å². The number of hydrogen-bond acceptors (Lipinski definition) is 5. The van der Waals surface area contributed by atoms with Gasteiger partial charge >= 0.3 is 0 Å². The van der Waals surface area contributed by atoms with E-state index in [9.17, 15) is 4.79 Å². The smallest absolute Gasteiger partial charge is 0.188 e. The highest BCUT2D eigenvalue weighted by atomic mass is 16.3. The number of hydrogen-bond donors (Lipinski definition) is 1. The van der Waals surface area contributed by atoms with Gasteiger partial charge in [-0.2, -0.15) is 0 Å². The topological polar surface area (TPSA) is 56.7 Å². The number of ketones is 1. The largest absolute Gasteiger partial charge is 0.388 e. The van der Waals surface area contributed by atoms with Crippen molar-refractivity contribution in [1.82, 2.24) is 14.8 Å². The molecule has 1 aliphatic rings. The van der Waals surface area contributed by atoms with Crippen LogP contribution >= 0.6 is 0 Å². The Hall–Kier alpha value is -2.86. The maximum Gasteiger partial charge on any atom is 0.188 e. The van der Waals surface area contributed by atoms with E-state index in [1.54, 1.807) is 6.20 Å². The van der Waals surface area contributed by atoms with Crippen molar-refractivity contribution in [2.24, 2.45) is 0 Å². The van der Waals surface area contributed by atoms with Crippen LogP contribution in [0.5, 0.6) is 0 Å². The van der Waals surface area contributed by atoms with Crippen LogP contribution in [-0.4, -0.2) is 57.5 Å². The molecule has 4 rings (SSSR count). The van der Waals surface area contributed by atoms with E-state index in [1.165, 1.54) is 16.7 Å². The molecule has 2 heterocycles. The number of benzene rings is 2. The minimum atomic E-state index is -0.443. The number of carbonyl (C=O) groups is 1. The predicted octanol–water partition coefficient (Wildman–Crippen LogP) is 4.02. The van der Waals surface area contributed by atoms with Crippen molar-refractivity contribution in [3.05, 3.63) is 89.7 Å². The maximum atomic E-state index is 11.6. The summed E-state index contributed by atoms with van der Waals surface area (Å²) in [5.74, 6) is -0.236. The molecule has 2 atom stereocenters. The summed E-state index contributed by atoms with van der Waals surface area (Å²) in [5.41, 5.74) is 5.43. The molecule has 0 radical (unpaired) electrons. The molecule has 0 bridgehead atoms. The first kappa shape index (κ1) is 22.3. The van der Waals surface area contributed by atoms with E-state index in [4.69, 9.17) is 5.11 Å². The number of nitrogens with zero attached hydrogens (tertiary/aromatic N) is 3. The van der Waals surface area contributed by atoms with Crippen molar-refractivity contribution in [3.8, 4) is 11.1 Å². The van der Waals surface area contributed by atoms with Crippen LogP contribution in [0.2, 0.25) is 0 Å². The number of piperazine rings is 1. The monoisotopic (exact) mass is 429 g/mol. The van der Waals surface area contributed by atoms with Gasteiger partial charge in [-0.15, -0.1) is 0 Å². The summed E-state index contributed by atoms with van der Waals surface area (Å²) in [4.78, 5) is 20.9. The number of carbonyl (C=O) groups excluding carboxylic acids is 1. The number of rotatable bonds is 7. The van der Waals surface area contributed by atoms with Gasteiger partial charge in [0.15, 0.2) is 5.78 Å². The van der Waals surface area contributed by atoms with Crippen molar-refractivity contribution >= 4 is 5.78 Å². The molecule has 5 heteroatoms. The number of aromatic nitrogens is 1. The fourth-order valence-electron chi connectivity index (χ4n) is 4.65. The molecule has 166 valence electrons. The molecule has 0 saturated carbocycles. The second kappa shape index (κ2) is 10.2. The lowest BCUT2D eigenvalue weighted by Crippen LogP contribution is -2.55. The molecule has 1 saturated heterocycles. The van der Waals surface area contributed by atoms with Gasteiger partial charge in [0.1, 0.15) is 6.61 Å². The first-order valence-electron chi connectivity index (χ1n) is 11.2. The van der Waals surface area contributed by atoms with Crippen molar-refractivity contribution in [1.29, 1.82) is 0 Å². The van der Waals surface area contributed by atoms with Gasteiger partial charge in [0.05, 0.1) is 0 Å². The normalized spacial score (nSPS) is 19.7. The molecular formula is C27H31N3O2. The second-order valence-electron chi connectivity index (χ2n) is 8.78. The van der Waals surface area contributed by atoms with Gasteiger partial charge in [0, 0.05) is 56.2 Å². The number of aliphatic hydroxyl groups excluding tert-OH is 1. The Labute approximate surface area is 190 Å². The van der Waals surface area contributed by atoms with Crippen molar-refractivity contribution in [3.63, 3.8) is 0 Å². The molecule has 1 N–H and O–H groups in total. The highest BCUT2D eigenvalue weighted by Crippen LogP contribution is 2.24. The van der Waals surface area contributed by atoms with Crippen molar-refractivity contribution in [2.45, 2.75) is 39.0 Å². The summed E-state index contributed by atoms with van der Waals surface area (Å²) in [5, 5.41) is 9.02. The lowest BCUT2D eigenvalue weighted by atomic mass is 10.0. The highest BCUT2D eigenvalue weighted by molar-refractivity contribution is 5.96. The molecule has 5 nitrogen and oxygen atoms in total. The molecule has 0 spiro atoms. The predicted molar refractivity (Wildman–Crippen MR) is 127 cm³/mol. The average molecular weight is 430 g/mol. The Bertz CT molecular complexity index is 1020. The van der Waals surface area contributed by atoms with Crippen LogP contribution < -0.4 is 0 Å². The zero-order chi connectivity index (χ0) is 22.5. The van der Waals surface area contributed by atoms with E-state index >= 15 is 0 Å². The van der Waals surface area contributed by atoms with E-state index in [0.717, 1.165) is 31.7 Å². The number of Topliss-reactive ketones (excluding diaryl/α,β-unsaturated/α-hetero) is 1. The quantitative estimate of drug-likeness (QED) is 0.575. The van der Waals surface area contributed by atoms with Crippen LogP contribution in [0.25, 0.3) is 11.1 Å². The van der Waals surface area contributed by atoms with Gasteiger partial charge in [0.2, 0.25) is 0 Å². The fourth-order valence-corrected chi connectivity index (χ4v) is 4.65. The van der Waals surface area contributed by atoms with E-state index in [0.29, 0.717) is 17.6 Å². The van der Waals surface area contributed by atoms with Gasteiger partial charge < -0.3 is 5.11 Å². The van der Waals surface area contributed by atoms with Crippen LogP contribution in [0.4, 0.5) is 0 Å². The van der Waals surface area contributed by atoms with Crippen LogP contribution in [-0.2, 0) is 13.1 Å². The SMILES string of the molecule is C[C@@H]1CN(Cc2ccc(C(=O)CO)cc2)C[C@H](C)N1Cc1cccc(-c2cccnc2)c1. The molecule has 1 fully saturated rings. The average Bonchev–Trinajstić information content (AvgIpc) is 2.82. The molecule has 1 aromatic heterocycles. The van der Waals surface area contributed by atoms with Crippen LogP contribution in [0, 0.1) is 0 Å². The molecule has 32 heavy (non-hydrogen) atoms. The van der Waals surface area contributed by atoms with Crippen molar-refractivity contribution in [2.75, 3.05) is 19.7 Å². The van der Waals surface area contributed by atoms with E-state index in [2.05, 4.69) is 59.0 Å². The number of pyridine rings is 1. The van der Waals surface area contributed by atoms with Gasteiger partial charge in [-0.1, -0.05) is 48.5 Å². The Balaban J connectivity index is 1.39. The lowest BCUT2D eigenvalue weighted by Gasteiger charge is -2.44. The third-order valence-electron chi connectivity index (χ3n) is 6.29. The summed E-state index contributed by atoms with van der Waals surface area (Å²) in [6.07, 6.45) is 3.72. The summed E-state index contributed by atoms with van der Waals surface area (Å²) < 4.78 is 0. The zero-order valence-corrected chi connectivity index (χ0v) is 18.8. The van der Waals surface area contributed by atoms with Crippen molar-refractivity contribution < 1.29 is 9.90 Å². The van der Waals surface area contributed by atoms with Gasteiger partial charge in [-0.3, -0.25) is 19.6 Å². The molecule has 0 amide bonds. The molecule has 2 aromatic carbocycles. The molecule has 0 aliphatic carbocycles. The summed E-state index contributed by atoms with van der Waals surface area (Å²) >= 11 is 0. The van der Waals surface area contributed by atoms with E-state index in [-0.39, 0.29) is 5.78 Å². The first-order chi connectivity index (χ1) is 15.5. The van der Waals surface area contributed by atoms with E-state index < -0.39 is 6.61 Å². The summed E-state index contributed by atoms with van der Waals surface area (Å²) in [6, 6.07) is 21.3. The third kappa shape index (κ3) is 5.30. The molecular weight excluding hydrogens is 398 g/mol. The highest BCUT2D eigenvalue weighted by Gasteiger charge is 2.29. The van der Waals surface area contributed by atoms with E-state index in [1.807, 2.05) is 36.5 Å². The second-order valence-corrected chi connectivity index (χ2v) is 8.78. The van der Waals surface area contributed by atoms with Gasteiger partial charge in [-0.25, -0.2) is 0 Å². The van der Waals surface area contributed by atoms with Gasteiger partial charge in [0.25, 0.3) is 0 Å². The summed E-state index contributed by atoms with van der Waals surface area (Å²) in [7, 11) is 0. The lowest BCUT2D eigenvalue weighted by molar-refractivity contribution is 0.0290. The standard InChI is InChI=1S/C27H31N3O2/c1-20-15-29(17-22-8-10-24(11-9-22)27(32)19-31)16-21(2)30(20)18-23-5-3-6-25(13-23)26-7-4-12-28-14-26/h3-14,20-21,31H,15-19H2,1-2H3/t20-,21+. The minimum absolute atomic E-state index is 0.236.